The fourth-order valence-electron chi connectivity index (χ4n) is 9.92. The van der Waals surface area contributed by atoms with Gasteiger partial charge in [-0.15, -0.1) is 0 Å². The van der Waals surface area contributed by atoms with Gasteiger partial charge >= 0.3 is 0 Å². The Morgan fingerprint density at radius 3 is 1.81 bits per heavy atom. The molecule has 0 saturated carbocycles. The molecule has 8 rings (SSSR count). The van der Waals surface area contributed by atoms with Gasteiger partial charge < -0.3 is 9.80 Å². The van der Waals surface area contributed by atoms with E-state index >= 15 is 0 Å². The summed E-state index contributed by atoms with van der Waals surface area (Å²) in [4.78, 5) is 5.23. The molecule has 0 N–H and O–H groups in total. The van der Waals surface area contributed by atoms with Crippen molar-refractivity contribution in [2.45, 2.75) is 144 Å². The molecule has 0 spiro atoms. The van der Waals surface area contributed by atoms with Crippen molar-refractivity contribution in [3.05, 3.63) is 142 Å². The summed E-state index contributed by atoms with van der Waals surface area (Å²) >= 11 is 0. The molecule has 5 aromatic rings. The van der Waals surface area contributed by atoms with Gasteiger partial charge in [0, 0.05) is 40.6 Å². The average Bonchev–Trinajstić information content (AvgIpc) is 3.54. The molecular formula is C54H65BN2. The quantitative estimate of drug-likeness (QED) is 0.153. The maximum atomic E-state index is 2.67. The van der Waals surface area contributed by atoms with Crippen molar-refractivity contribution in [3.63, 3.8) is 0 Å². The van der Waals surface area contributed by atoms with E-state index in [0.29, 0.717) is 0 Å². The molecule has 0 fully saturated rings. The summed E-state index contributed by atoms with van der Waals surface area (Å²) in [5.41, 5.74) is 22.3. The second-order valence-electron chi connectivity index (χ2n) is 21.0. The van der Waals surface area contributed by atoms with Gasteiger partial charge in [0.05, 0.1) is 0 Å². The molecule has 2 heterocycles. The number of hydrogen-bond donors (Lipinski definition) is 0. The topological polar surface area (TPSA) is 6.48 Å². The van der Waals surface area contributed by atoms with E-state index in [-0.39, 0.29) is 28.4 Å². The number of benzene rings is 5. The van der Waals surface area contributed by atoms with Gasteiger partial charge in [0.25, 0.3) is 6.71 Å². The zero-order chi connectivity index (χ0) is 40.8. The first-order valence-electron chi connectivity index (χ1n) is 21.8. The molecule has 0 unspecified atom stereocenters. The molecule has 5 aromatic carbocycles. The van der Waals surface area contributed by atoms with Gasteiger partial charge in [-0.3, -0.25) is 0 Å². The molecule has 0 radical (unpaired) electrons. The van der Waals surface area contributed by atoms with Crippen LogP contribution in [0.3, 0.4) is 0 Å². The summed E-state index contributed by atoms with van der Waals surface area (Å²) in [7, 11) is 0. The molecule has 2 aliphatic heterocycles. The van der Waals surface area contributed by atoms with Crippen molar-refractivity contribution in [3.8, 4) is 0 Å². The van der Waals surface area contributed by atoms with E-state index < -0.39 is 0 Å². The van der Waals surface area contributed by atoms with Gasteiger partial charge in [0.2, 0.25) is 0 Å². The third-order valence-corrected chi connectivity index (χ3v) is 13.4. The van der Waals surface area contributed by atoms with Crippen LogP contribution in [-0.2, 0) is 34.5 Å². The number of nitrogens with zero attached hydrogens (tertiary/aromatic N) is 2. The fraction of sp³-hybridized carbons (Fsp3) is 0.407. The van der Waals surface area contributed by atoms with Crippen LogP contribution in [0.15, 0.2) is 103 Å². The summed E-state index contributed by atoms with van der Waals surface area (Å²) in [6.45, 7) is 30.7. The van der Waals surface area contributed by atoms with Crippen LogP contribution in [0.4, 0.5) is 28.4 Å². The molecule has 0 bridgehead atoms. The summed E-state index contributed by atoms with van der Waals surface area (Å²) in [5.74, 6) is 0. The number of fused-ring (bicyclic) bond motifs is 5. The third-order valence-electron chi connectivity index (χ3n) is 13.4. The van der Waals surface area contributed by atoms with Crippen LogP contribution in [0.1, 0.15) is 148 Å². The molecule has 3 aliphatic rings. The monoisotopic (exact) mass is 753 g/mol. The summed E-state index contributed by atoms with van der Waals surface area (Å²) < 4.78 is 0. The van der Waals surface area contributed by atoms with Crippen molar-refractivity contribution in [2.75, 3.05) is 9.80 Å². The van der Waals surface area contributed by atoms with Crippen molar-refractivity contribution in [2.24, 2.45) is 0 Å². The van der Waals surface area contributed by atoms with Crippen LogP contribution < -0.4 is 20.7 Å². The maximum absolute atomic E-state index is 2.67. The lowest BCUT2D eigenvalue weighted by molar-refractivity contribution is 0.454. The van der Waals surface area contributed by atoms with E-state index in [9.17, 15) is 0 Å². The Morgan fingerprint density at radius 1 is 0.579 bits per heavy atom. The van der Waals surface area contributed by atoms with E-state index in [2.05, 4.69) is 197 Å². The van der Waals surface area contributed by atoms with E-state index in [4.69, 9.17) is 0 Å². The number of hydrogen-bond acceptors (Lipinski definition) is 2. The van der Waals surface area contributed by atoms with Gasteiger partial charge in [-0.25, -0.2) is 0 Å². The second-order valence-corrected chi connectivity index (χ2v) is 21.0. The standard InChI is InChI=1S/C54H65BN2/c1-14-16-30-54(12,13)43-28-27-41(31-35(43)15-2)57-47-19-17-18-46-50(47)55(49-42-33-38(52(6,7)8)21-20-36(42)32-48(49)57)44-34-39(53(9,10)11)24-29-45(44)56(46)40-25-22-37(23-26-40)51(3,4)5/h17-29,31,33-34H,14-16,30,32H2,1-13H3. The Hall–Kier alpha value is -4.50. The lowest BCUT2D eigenvalue weighted by Gasteiger charge is -2.44. The largest absolute Gasteiger partial charge is 0.315 e. The van der Waals surface area contributed by atoms with E-state index in [1.807, 2.05) is 0 Å². The number of allylic oxidation sites excluding steroid dienone is 1. The molecule has 0 saturated heterocycles. The summed E-state index contributed by atoms with van der Waals surface area (Å²) in [5, 5.41) is 0. The zero-order valence-corrected chi connectivity index (χ0v) is 37.2. The van der Waals surface area contributed by atoms with Crippen LogP contribution in [-0.4, -0.2) is 6.71 Å². The predicted molar refractivity (Wildman–Crippen MR) is 250 cm³/mol. The van der Waals surface area contributed by atoms with Crippen molar-refractivity contribution >= 4 is 51.5 Å². The molecule has 0 amide bonds. The number of anilines is 5. The predicted octanol–water partition coefficient (Wildman–Crippen LogP) is 13.7. The first-order chi connectivity index (χ1) is 26.8. The highest BCUT2D eigenvalue weighted by atomic mass is 15.2. The Morgan fingerprint density at radius 2 is 1.18 bits per heavy atom. The fourth-order valence-corrected chi connectivity index (χ4v) is 9.92. The Bertz CT molecular complexity index is 2390. The molecule has 0 aromatic heterocycles. The van der Waals surface area contributed by atoms with Crippen LogP contribution in [0, 0.1) is 0 Å². The number of unbranched alkanes of at least 4 members (excludes halogenated alkanes) is 1. The minimum Gasteiger partial charge on any atom is -0.315 e. The van der Waals surface area contributed by atoms with E-state index in [0.717, 1.165) is 12.8 Å². The smallest absolute Gasteiger partial charge is 0.252 e. The summed E-state index contributed by atoms with van der Waals surface area (Å²) in [6, 6.07) is 38.6. The van der Waals surface area contributed by atoms with Crippen molar-refractivity contribution in [1.82, 2.24) is 0 Å². The Kier molecular flexibility index (Phi) is 9.54. The number of rotatable bonds is 7. The molecule has 57 heavy (non-hydrogen) atoms. The van der Waals surface area contributed by atoms with Crippen molar-refractivity contribution in [1.29, 1.82) is 0 Å². The average molecular weight is 753 g/mol. The molecule has 294 valence electrons. The highest BCUT2D eigenvalue weighted by molar-refractivity contribution is 7.03. The molecular weight excluding hydrogens is 687 g/mol. The minimum atomic E-state index is 0.0160. The second kappa shape index (κ2) is 13.8. The van der Waals surface area contributed by atoms with Gasteiger partial charge in [-0.05, 0) is 132 Å². The SMILES string of the molecule is CCCCC(C)(C)c1ccc(N2C3=C(B4c5cc(C(C)(C)C)ccc5N(c5ccc(C(C)(C)C)cc5)c5cccc2c54)c2cc(C(C)(C)C)ccc2C3)cc1CC. The van der Waals surface area contributed by atoms with Crippen LogP contribution in [0.5, 0.6) is 0 Å². The molecule has 1 aliphatic carbocycles. The molecule has 0 atom stereocenters. The Balaban J connectivity index is 1.43. The van der Waals surface area contributed by atoms with Crippen molar-refractivity contribution < 1.29 is 0 Å². The lowest BCUT2D eigenvalue weighted by Crippen LogP contribution is -2.55. The maximum Gasteiger partial charge on any atom is 0.252 e. The normalized spacial score (nSPS) is 15.1. The Labute approximate surface area is 345 Å². The van der Waals surface area contributed by atoms with Crippen LogP contribution >= 0.6 is 0 Å². The van der Waals surface area contributed by atoms with Gasteiger partial charge in [-0.2, -0.15) is 0 Å². The van der Waals surface area contributed by atoms with Crippen LogP contribution in [0.2, 0.25) is 0 Å². The highest BCUT2D eigenvalue weighted by Crippen LogP contribution is 2.51. The van der Waals surface area contributed by atoms with Gasteiger partial charge in [0.1, 0.15) is 0 Å². The van der Waals surface area contributed by atoms with Crippen LogP contribution in [0.25, 0.3) is 5.47 Å². The third kappa shape index (κ3) is 6.68. The highest BCUT2D eigenvalue weighted by Gasteiger charge is 2.47. The van der Waals surface area contributed by atoms with E-state index in [1.165, 1.54) is 109 Å². The first-order valence-corrected chi connectivity index (χ1v) is 21.8. The first kappa shape index (κ1) is 39.3. The zero-order valence-electron chi connectivity index (χ0n) is 37.2. The summed E-state index contributed by atoms with van der Waals surface area (Å²) in [6.07, 6.45) is 5.62. The van der Waals surface area contributed by atoms with E-state index in [1.54, 1.807) is 0 Å². The molecule has 2 nitrogen and oxygen atoms in total. The number of aryl methyl sites for hydroxylation is 1. The van der Waals surface area contributed by atoms with Gasteiger partial charge in [-0.1, -0.05) is 157 Å². The lowest BCUT2D eigenvalue weighted by atomic mass is 9.32. The minimum absolute atomic E-state index is 0.0160. The van der Waals surface area contributed by atoms with Gasteiger partial charge in [0.15, 0.2) is 0 Å². The molecule has 3 heteroatoms.